The largest absolute Gasteiger partial charge is 1.00 e. The number of halogens is 1. The molecule has 0 saturated carbocycles. The molecule has 0 spiro atoms. The molecule has 0 fully saturated rings. The SMILES string of the molecule is CN(C)c1ccc(C(=O)Cc2cccc[n+]2C)cc1.[I-]. The quantitative estimate of drug-likeness (QED) is 0.385. The van der Waals surface area contributed by atoms with Gasteiger partial charge in [0.15, 0.2) is 17.7 Å². The number of anilines is 1. The highest BCUT2D eigenvalue weighted by Crippen LogP contribution is 2.13. The molecule has 0 atom stereocenters. The Hall–Kier alpha value is -1.43. The van der Waals surface area contributed by atoms with Crippen LogP contribution in [0.2, 0.25) is 0 Å². The van der Waals surface area contributed by atoms with Crippen molar-refractivity contribution in [2.24, 2.45) is 7.05 Å². The van der Waals surface area contributed by atoms with Gasteiger partial charge in [-0.25, -0.2) is 4.57 Å². The molecule has 106 valence electrons. The number of hydrogen-bond acceptors (Lipinski definition) is 2. The van der Waals surface area contributed by atoms with Gasteiger partial charge in [0, 0.05) is 37.5 Å². The van der Waals surface area contributed by atoms with Crippen LogP contribution in [-0.2, 0) is 13.5 Å². The summed E-state index contributed by atoms with van der Waals surface area (Å²) < 4.78 is 1.98. The van der Waals surface area contributed by atoms with Crippen molar-refractivity contribution < 1.29 is 33.3 Å². The molecule has 0 radical (unpaired) electrons. The smallest absolute Gasteiger partial charge is 0.188 e. The summed E-state index contributed by atoms with van der Waals surface area (Å²) in [5.74, 6) is 0.145. The molecule has 1 aromatic heterocycles. The number of carbonyl (C=O) groups excluding carboxylic acids is 1. The number of benzene rings is 1. The van der Waals surface area contributed by atoms with E-state index in [2.05, 4.69) is 0 Å². The van der Waals surface area contributed by atoms with Crippen molar-refractivity contribution in [3.8, 4) is 0 Å². The van der Waals surface area contributed by atoms with Gasteiger partial charge in [-0.05, 0) is 24.3 Å². The van der Waals surface area contributed by atoms with Crippen molar-refractivity contribution >= 4 is 11.5 Å². The summed E-state index contributed by atoms with van der Waals surface area (Å²) >= 11 is 0. The minimum absolute atomic E-state index is 0. The standard InChI is InChI=1S/C16H19N2O.HI/c1-17(2)14-9-7-13(8-10-14)16(19)12-15-6-4-5-11-18(15)3;/h4-11H,12H2,1-3H3;1H/q+1;/p-1. The fourth-order valence-electron chi connectivity index (χ4n) is 1.95. The summed E-state index contributed by atoms with van der Waals surface area (Å²) in [6, 6.07) is 13.6. The van der Waals surface area contributed by atoms with Crippen molar-refractivity contribution in [3.63, 3.8) is 0 Å². The lowest BCUT2D eigenvalue weighted by Gasteiger charge is -2.12. The Kier molecular flexibility index (Phi) is 6.13. The van der Waals surface area contributed by atoms with Crippen molar-refractivity contribution in [3.05, 3.63) is 59.9 Å². The van der Waals surface area contributed by atoms with E-state index in [-0.39, 0.29) is 29.8 Å². The highest BCUT2D eigenvalue weighted by Gasteiger charge is 2.13. The Morgan fingerprint density at radius 1 is 1.10 bits per heavy atom. The highest BCUT2D eigenvalue weighted by atomic mass is 127. The van der Waals surface area contributed by atoms with Crippen LogP contribution >= 0.6 is 0 Å². The highest BCUT2D eigenvalue weighted by molar-refractivity contribution is 5.97. The molecule has 0 N–H and O–H groups in total. The molecule has 1 heterocycles. The van der Waals surface area contributed by atoms with Gasteiger partial charge in [0.2, 0.25) is 0 Å². The molecule has 0 bridgehead atoms. The first kappa shape index (κ1) is 16.6. The number of aryl methyl sites for hydroxylation is 1. The minimum Gasteiger partial charge on any atom is -1.00 e. The average Bonchev–Trinajstić information content (AvgIpc) is 2.41. The van der Waals surface area contributed by atoms with E-state index in [1.54, 1.807) is 0 Å². The van der Waals surface area contributed by atoms with E-state index in [9.17, 15) is 4.79 Å². The molecule has 4 heteroatoms. The maximum absolute atomic E-state index is 12.2. The zero-order valence-corrected chi connectivity index (χ0v) is 14.2. The molecule has 20 heavy (non-hydrogen) atoms. The topological polar surface area (TPSA) is 24.2 Å². The van der Waals surface area contributed by atoms with E-state index in [1.807, 2.05) is 79.3 Å². The van der Waals surface area contributed by atoms with E-state index in [4.69, 9.17) is 0 Å². The van der Waals surface area contributed by atoms with Crippen LogP contribution in [0.1, 0.15) is 16.1 Å². The van der Waals surface area contributed by atoms with Gasteiger partial charge in [-0.15, -0.1) is 0 Å². The lowest BCUT2D eigenvalue weighted by molar-refractivity contribution is -0.678. The fourth-order valence-corrected chi connectivity index (χ4v) is 1.95. The normalized spacial score (nSPS) is 9.75. The predicted molar refractivity (Wildman–Crippen MR) is 76.4 cm³/mol. The third-order valence-corrected chi connectivity index (χ3v) is 3.21. The Morgan fingerprint density at radius 2 is 1.75 bits per heavy atom. The van der Waals surface area contributed by atoms with E-state index >= 15 is 0 Å². The molecule has 0 aliphatic heterocycles. The molecule has 0 saturated heterocycles. The molecule has 0 aliphatic rings. The first-order valence-electron chi connectivity index (χ1n) is 6.32. The lowest BCUT2D eigenvalue weighted by atomic mass is 10.1. The van der Waals surface area contributed by atoms with E-state index in [0.29, 0.717) is 6.42 Å². The molecule has 0 unspecified atom stereocenters. The van der Waals surface area contributed by atoms with Crippen LogP contribution in [0.5, 0.6) is 0 Å². The van der Waals surface area contributed by atoms with Crippen LogP contribution in [0, 0.1) is 0 Å². The van der Waals surface area contributed by atoms with Gasteiger partial charge in [0.05, 0.1) is 6.42 Å². The third kappa shape index (κ3) is 4.03. The molecule has 3 nitrogen and oxygen atoms in total. The van der Waals surface area contributed by atoms with Crippen LogP contribution in [0.3, 0.4) is 0 Å². The van der Waals surface area contributed by atoms with Crippen LogP contribution in [0.15, 0.2) is 48.7 Å². The molecule has 2 rings (SSSR count). The van der Waals surface area contributed by atoms with Crippen molar-refractivity contribution in [2.75, 3.05) is 19.0 Å². The number of Topliss-reactive ketones (excluding diaryl/α,β-unsaturated/α-hetero) is 1. The monoisotopic (exact) mass is 382 g/mol. The van der Waals surface area contributed by atoms with Gasteiger partial charge >= 0.3 is 0 Å². The van der Waals surface area contributed by atoms with Crippen LogP contribution in [-0.4, -0.2) is 19.9 Å². The van der Waals surface area contributed by atoms with Crippen molar-refractivity contribution in [1.29, 1.82) is 0 Å². The van der Waals surface area contributed by atoms with Gasteiger partial charge in [0.25, 0.3) is 0 Å². The molecule has 1 aromatic carbocycles. The average molecular weight is 382 g/mol. The zero-order chi connectivity index (χ0) is 13.8. The Labute approximate surface area is 137 Å². The van der Waals surface area contributed by atoms with Gasteiger partial charge in [0.1, 0.15) is 7.05 Å². The summed E-state index contributed by atoms with van der Waals surface area (Å²) in [5.41, 5.74) is 2.88. The number of hydrogen-bond donors (Lipinski definition) is 0. The Morgan fingerprint density at radius 3 is 2.30 bits per heavy atom. The first-order valence-corrected chi connectivity index (χ1v) is 6.32. The lowest BCUT2D eigenvalue weighted by Crippen LogP contribution is -3.00. The van der Waals surface area contributed by atoms with Crippen LogP contribution < -0.4 is 33.4 Å². The number of ketones is 1. The zero-order valence-electron chi connectivity index (χ0n) is 12.0. The fraction of sp³-hybridized carbons (Fsp3) is 0.250. The molecule has 2 aromatic rings. The van der Waals surface area contributed by atoms with Crippen molar-refractivity contribution in [1.82, 2.24) is 0 Å². The first-order chi connectivity index (χ1) is 9.08. The Bertz CT molecular complexity index is 579. The molecular formula is C16H19IN2O. The number of carbonyl (C=O) groups is 1. The summed E-state index contributed by atoms with van der Waals surface area (Å²) in [5, 5.41) is 0. The number of nitrogens with zero attached hydrogens (tertiary/aromatic N) is 2. The second kappa shape index (κ2) is 7.38. The van der Waals surface area contributed by atoms with Gasteiger partial charge in [-0.1, -0.05) is 6.07 Å². The van der Waals surface area contributed by atoms with Crippen LogP contribution in [0.25, 0.3) is 0 Å². The van der Waals surface area contributed by atoms with Gasteiger partial charge in [-0.2, -0.15) is 0 Å². The van der Waals surface area contributed by atoms with Crippen LogP contribution in [0.4, 0.5) is 5.69 Å². The summed E-state index contributed by atoms with van der Waals surface area (Å²) in [4.78, 5) is 14.2. The van der Waals surface area contributed by atoms with E-state index in [1.165, 1.54) is 0 Å². The predicted octanol–water partition coefficient (Wildman–Crippen LogP) is -0.993. The minimum atomic E-state index is 0. The summed E-state index contributed by atoms with van der Waals surface area (Å²) in [6.07, 6.45) is 2.39. The maximum Gasteiger partial charge on any atom is 0.188 e. The number of pyridine rings is 1. The van der Waals surface area contributed by atoms with Gasteiger partial charge in [-0.3, -0.25) is 4.79 Å². The summed E-state index contributed by atoms with van der Waals surface area (Å²) in [7, 11) is 5.93. The molecule has 0 aliphatic carbocycles. The van der Waals surface area contributed by atoms with E-state index < -0.39 is 0 Å². The second-order valence-corrected chi connectivity index (χ2v) is 4.84. The maximum atomic E-state index is 12.2. The Balaban J connectivity index is 0.00000200. The number of rotatable bonds is 4. The van der Waals surface area contributed by atoms with E-state index in [0.717, 1.165) is 16.9 Å². The molecule has 0 amide bonds. The molecular weight excluding hydrogens is 363 g/mol. The van der Waals surface area contributed by atoms with Crippen molar-refractivity contribution in [2.45, 2.75) is 6.42 Å². The number of aromatic nitrogens is 1. The third-order valence-electron chi connectivity index (χ3n) is 3.21. The second-order valence-electron chi connectivity index (χ2n) is 4.84. The van der Waals surface area contributed by atoms with Gasteiger partial charge < -0.3 is 28.9 Å². The summed E-state index contributed by atoms with van der Waals surface area (Å²) in [6.45, 7) is 0.